The number of thiocarbonyl (C=S) groups is 1. The van der Waals surface area contributed by atoms with Crippen molar-refractivity contribution in [1.29, 1.82) is 0 Å². The first kappa shape index (κ1) is 23.0. The van der Waals surface area contributed by atoms with E-state index in [2.05, 4.69) is 22.8 Å². The molecule has 172 valence electrons. The van der Waals surface area contributed by atoms with Gasteiger partial charge in [-0.25, -0.2) is 4.79 Å². The largest absolute Gasteiger partial charge is 0.463 e. The predicted molar refractivity (Wildman–Crippen MR) is 133 cm³/mol. The van der Waals surface area contributed by atoms with Crippen molar-refractivity contribution in [2.24, 2.45) is 5.92 Å². The number of hydrogen-bond acceptors (Lipinski definition) is 4. The summed E-state index contributed by atoms with van der Waals surface area (Å²) in [5, 5.41) is 6.90. The van der Waals surface area contributed by atoms with E-state index in [9.17, 15) is 9.59 Å². The standard InChI is InChI=1S/C26H29N3O3S/c1-4-29-16(3)22(25(31)32-5-2)23(28-26(29)33)18-12-9-13-19(14-18)27-24(30)21-15-20(21)17-10-7-6-8-11-17/h6-14,20-21,23H,4-5,15H2,1-3H3,(H,27,30)(H,28,33)/t20-,21-,23-/m1/s1. The Hall–Kier alpha value is -3.19. The molecule has 0 saturated heterocycles. The van der Waals surface area contributed by atoms with Crippen molar-refractivity contribution >= 4 is 34.9 Å². The fourth-order valence-corrected chi connectivity index (χ4v) is 4.85. The van der Waals surface area contributed by atoms with E-state index in [-0.39, 0.29) is 23.7 Å². The number of anilines is 1. The summed E-state index contributed by atoms with van der Waals surface area (Å²) in [4.78, 5) is 27.6. The highest BCUT2D eigenvalue weighted by molar-refractivity contribution is 7.80. The van der Waals surface area contributed by atoms with Gasteiger partial charge in [-0.3, -0.25) is 4.79 Å². The fourth-order valence-electron chi connectivity index (χ4n) is 4.47. The van der Waals surface area contributed by atoms with Gasteiger partial charge in [0.15, 0.2) is 5.11 Å². The molecule has 2 aliphatic rings. The fraction of sp³-hybridized carbons (Fsp3) is 0.346. The quantitative estimate of drug-likeness (QED) is 0.465. The van der Waals surface area contributed by atoms with E-state index < -0.39 is 6.04 Å². The summed E-state index contributed by atoms with van der Waals surface area (Å²) in [5.74, 6) is -0.103. The first-order chi connectivity index (χ1) is 15.9. The van der Waals surface area contributed by atoms with Crippen LogP contribution >= 0.6 is 12.2 Å². The number of carbonyl (C=O) groups excluding carboxylic acids is 2. The van der Waals surface area contributed by atoms with Gasteiger partial charge in [0, 0.05) is 23.8 Å². The Morgan fingerprint density at radius 2 is 1.85 bits per heavy atom. The van der Waals surface area contributed by atoms with Gasteiger partial charge in [-0.15, -0.1) is 0 Å². The summed E-state index contributed by atoms with van der Waals surface area (Å²) in [6.45, 7) is 6.60. The van der Waals surface area contributed by atoms with Crippen molar-refractivity contribution in [2.45, 2.75) is 39.2 Å². The highest BCUT2D eigenvalue weighted by atomic mass is 32.1. The second-order valence-corrected chi connectivity index (χ2v) is 8.71. The van der Waals surface area contributed by atoms with E-state index in [0.29, 0.717) is 29.5 Å². The molecule has 33 heavy (non-hydrogen) atoms. The van der Waals surface area contributed by atoms with Crippen molar-refractivity contribution in [2.75, 3.05) is 18.5 Å². The van der Waals surface area contributed by atoms with Crippen LogP contribution in [0.2, 0.25) is 0 Å². The Morgan fingerprint density at radius 3 is 2.55 bits per heavy atom. The second kappa shape index (κ2) is 9.75. The molecule has 1 amide bonds. The summed E-state index contributed by atoms with van der Waals surface area (Å²) in [7, 11) is 0. The number of nitrogens with zero attached hydrogens (tertiary/aromatic N) is 1. The lowest BCUT2D eigenvalue weighted by Crippen LogP contribution is -2.47. The van der Waals surface area contributed by atoms with Crippen molar-refractivity contribution in [3.8, 4) is 0 Å². The van der Waals surface area contributed by atoms with Crippen LogP contribution in [0, 0.1) is 5.92 Å². The van der Waals surface area contributed by atoms with Gasteiger partial charge < -0.3 is 20.3 Å². The normalized spacial score (nSPS) is 22.0. The van der Waals surface area contributed by atoms with E-state index in [1.165, 1.54) is 5.56 Å². The lowest BCUT2D eigenvalue weighted by Gasteiger charge is -2.37. The average molecular weight is 464 g/mol. The molecule has 2 aromatic carbocycles. The number of carbonyl (C=O) groups is 2. The number of esters is 1. The Morgan fingerprint density at radius 1 is 1.12 bits per heavy atom. The molecule has 1 aliphatic heterocycles. The molecule has 0 spiro atoms. The summed E-state index contributed by atoms with van der Waals surface area (Å²) in [6.07, 6.45) is 0.857. The molecular formula is C26H29N3O3S. The van der Waals surface area contributed by atoms with Crippen LogP contribution in [0.25, 0.3) is 0 Å². The molecule has 6 nitrogen and oxygen atoms in total. The van der Waals surface area contributed by atoms with Gasteiger partial charge in [-0.1, -0.05) is 42.5 Å². The van der Waals surface area contributed by atoms with Crippen LogP contribution in [0.15, 0.2) is 65.9 Å². The third kappa shape index (κ3) is 4.78. The molecule has 2 N–H and O–H groups in total. The zero-order valence-corrected chi connectivity index (χ0v) is 19.9. The molecule has 1 aliphatic carbocycles. The topological polar surface area (TPSA) is 70.7 Å². The summed E-state index contributed by atoms with van der Waals surface area (Å²) in [6, 6.07) is 17.2. The number of allylic oxidation sites excluding steroid dienone is 1. The smallest absolute Gasteiger partial charge is 0.338 e. The minimum absolute atomic E-state index is 0.0163. The van der Waals surface area contributed by atoms with E-state index in [1.807, 2.05) is 61.2 Å². The molecule has 1 saturated carbocycles. The monoisotopic (exact) mass is 463 g/mol. The van der Waals surface area contributed by atoms with Crippen LogP contribution in [0.1, 0.15) is 50.3 Å². The van der Waals surface area contributed by atoms with Crippen LogP contribution in [0.4, 0.5) is 5.69 Å². The van der Waals surface area contributed by atoms with E-state index in [1.54, 1.807) is 6.92 Å². The first-order valence-electron chi connectivity index (χ1n) is 11.4. The zero-order chi connectivity index (χ0) is 23.5. The minimum Gasteiger partial charge on any atom is -0.463 e. The highest BCUT2D eigenvalue weighted by Crippen LogP contribution is 2.48. The summed E-state index contributed by atoms with van der Waals surface area (Å²) >= 11 is 5.55. The third-order valence-corrected chi connectivity index (χ3v) is 6.59. The maximum Gasteiger partial charge on any atom is 0.338 e. The molecule has 3 atom stereocenters. The summed E-state index contributed by atoms with van der Waals surface area (Å²) < 4.78 is 5.34. The van der Waals surface area contributed by atoms with Gasteiger partial charge in [0.05, 0.1) is 18.2 Å². The van der Waals surface area contributed by atoms with Gasteiger partial charge in [-0.05, 0) is 68.6 Å². The molecule has 0 bridgehead atoms. The van der Waals surface area contributed by atoms with Crippen LogP contribution < -0.4 is 10.6 Å². The number of ether oxygens (including phenoxy) is 1. The van der Waals surface area contributed by atoms with Gasteiger partial charge in [0.1, 0.15) is 0 Å². The van der Waals surface area contributed by atoms with Crippen LogP contribution in [0.5, 0.6) is 0 Å². The lowest BCUT2D eigenvalue weighted by molar-refractivity contribution is -0.139. The molecular weight excluding hydrogens is 434 g/mol. The van der Waals surface area contributed by atoms with Gasteiger partial charge in [0.25, 0.3) is 0 Å². The predicted octanol–water partition coefficient (Wildman–Crippen LogP) is 4.52. The van der Waals surface area contributed by atoms with Gasteiger partial charge in [-0.2, -0.15) is 0 Å². The van der Waals surface area contributed by atoms with E-state index in [4.69, 9.17) is 17.0 Å². The highest BCUT2D eigenvalue weighted by Gasteiger charge is 2.44. The maximum atomic E-state index is 12.9. The second-order valence-electron chi connectivity index (χ2n) is 8.32. The molecule has 0 aromatic heterocycles. The Balaban J connectivity index is 1.55. The minimum atomic E-state index is -0.450. The number of benzene rings is 2. The number of amides is 1. The van der Waals surface area contributed by atoms with Crippen molar-refractivity contribution in [1.82, 2.24) is 10.2 Å². The first-order valence-corrected chi connectivity index (χ1v) is 11.8. The zero-order valence-electron chi connectivity index (χ0n) is 19.1. The van der Waals surface area contributed by atoms with E-state index >= 15 is 0 Å². The molecule has 1 fully saturated rings. The SMILES string of the molecule is CCOC(=O)C1=C(C)N(CC)C(=S)N[C@@H]1c1cccc(NC(=O)[C@@H]2C[C@@H]2c2ccccc2)c1. The van der Waals surface area contributed by atoms with Crippen LogP contribution in [-0.4, -0.2) is 35.0 Å². The molecule has 1 heterocycles. The number of hydrogen-bond donors (Lipinski definition) is 2. The molecule has 0 unspecified atom stereocenters. The Bertz CT molecular complexity index is 1100. The summed E-state index contributed by atoms with van der Waals surface area (Å²) in [5.41, 5.74) is 4.04. The Kier molecular flexibility index (Phi) is 6.79. The number of nitrogens with one attached hydrogen (secondary N) is 2. The van der Waals surface area contributed by atoms with Crippen molar-refractivity contribution in [3.05, 3.63) is 77.0 Å². The lowest BCUT2D eigenvalue weighted by atomic mass is 9.94. The molecule has 2 aromatic rings. The molecule has 7 heteroatoms. The van der Waals surface area contributed by atoms with E-state index in [0.717, 1.165) is 17.7 Å². The van der Waals surface area contributed by atoms with Crippen molar-refractivity contribution < 1.29 is 14.3 Å². The van der Waals surface area contributed by atoms with Crippen LogP contribution in [0.3, 0.4) is 0 Å². The van der Waals surface area contributed by atoms with Crippen molar-refractivity contribution in [3.63, 3.8) is 0 Å². The molecule has 4 rings (SSSR count). The Labute approximate surface area is 200 Å². The average Bonchev–Trinajstić information content (AvgIpc) is 3.61. The third-order valence-electron chi connectivity index (χ3n) is 6.25. The van der Waals surface area contributed by atoms with Gasteiger partial charge >= 0.3 is 5.97 Å². The number of rotatable bonds is 7. The maximum absolute atomic E-state index is 12.9. The molecule has 0 radical (unpaired) electrons. The van der Waals surface area contributed by atoms with Gasteiger partial charge in [0.2, 0.25) is 5.91 Å². The van der Waals surface area contributed by atoms with Crippen LogP contribution in [-0.2, 0) is 14.3 Å².